The largest absolute Gasteiger partial charge is 0.366 e. The molecule has 4 rings (SSSR count). The van der Waals surface area contributed by atoms with E-state index >= 15 is 0 Å². The fourth-order valence-electron chi connectivity index (χ4n) is 3.83. The molecule has 1 atom stereocenters. The summed E-state index contributed by atoms with van der Waals surface area (Å²) in [5.74, 6) is 1.42. The number of nitrogens with zero attached hydrogens (tertiary/aromatic N) is 4. The summed E-state index contributed by atoms with van der Waals surface area (Å²) in [5.41, 5.74) is 1.27. The maximum atomic E-state index is 12.9. The Morgan fingerprint density at radius 2 is 2.00 bits per heavy atom. The van der Waals surface area contributed by atoms with Crippen molar-refractivity contribution in [3.05, 3.63) is 48.0 Å². The standard InChI is InChI=1S/C19H25N5O2/c25-19(24-8-6-16(7-9-24)18-20-14-21-22-18)17-13-23(10-11-26-17)12-15-4-2-1-3-5-15/h1-5,14,16-17H,6-13H2,(H,20,21,22). The first kappa shape index (κ1) is 17.2. The van der Waals surface area contributed by atoms with Gasteiger partial charge in [-0.05, 0) is 18.4 Å². The van der Waals surface area contributed by atoms with Crippen molar-refractivity contribution in [1.82, 2.24) is 25.0 Å². The molecule has 2 aliphatic heterocycles. The zero-order chi connectivity index (χ0) is 17.8. The van der Waals surface area contributed by atoms with Gasteiger partial charge in [0.05, 0.1) is 6.61 Å². The lowest BCUT2D eigenvalue weighted by Crippen LogP contribution is -2.52. The van der Waals surface area contributed by atoms with Gasteiger partial charge >= 0.3 is 0 Å². The van der Waals surface area contributed by atoms with Crippen LogP contribution in [0, 0.1) is 0 Å². The highest BCUT2D eigenvalue weighted by Gasteiger charge is 2.33. The molecule has 7 nitrogen and oxygen atoms in total. The number of piperidine rings is 1. The van der Waals surface area contributed by atoms with E-state index in [2.05, 4.69) is 44.3 Å². The minimum atomic E-state index is -0.353. The van der Waals surface area contributed by atoms with Crippen LogP contribution in [0.1, 0.15) is 30.1 Å². The van der Waals surface area contributed by atoms with E-state index in [1.165, 1.54) is 5.56 Å². The average Bonchev–Trinajstić information content (AvgIpc) is 3.23. The SMILES string of the molecule is O=C(C1CN(Cc2ccccc2)CCO1)N1CCC(c2ncn[nH]2)CC1. The lowest BCUT2D eigenvalue weighted by Gasteiger charge is -2.37. The van der Waals surface area contributed by atoms with Crippen molar-refractivity contribution >= 4 is 5.91 Å². The molecule has 7 heteroatoms. The summed E-state index contributed by atoms with van der Waals surface area (Å²) < 4.78 is 5.80. The van der Waals surface area contributed by atoms with Gasteiger partial charge in [-0.1, -0.05) is 30.3 Å². The molecule has 1 amide bonds. The maximum absolute atomic E-state index is 12.9. The predicted octanol–water partition coefficient (Wildman–Crippen LogP) is 1.41. The number of hydrogen-bond donors (Lipinski definition) is 1. The van der Waals surface area contributed by atoms with Crippen LogP contribution in [0.25, 0.3) is 0 Å². The number of morpholine rings is 1. The minimum Gasteiger partial charge on any atom is -0.366 e. The molecule has 1 aromatic heterocycles. The fraction of sp³-hybridized carbons (Fsp3) is 0.526. The van der Waals surface area contributed by atoms with E-state index in [0.717, 1.165) is 44.8 Å². The van der Waals surface area contributed by atoms with Gasteiger partial charge in [-0.15, -0.1) is 0 Å². The number of aromatic nitrogens is 3. The smallest absolute Gasteiger partial charge is 0.253 e. The van der Waals surface area contributed by atoms with E-state index in [-0.39, 0.29) is 12.0 Å². The number of aromatic amines is 1. The molecule has 138 valence electrons. The molecular weight excluding hydrogens is 330 g/mol. The van der Waals surface area contributed by atoms with Crippen LogP contribution in [-0.2, 0) is 16.1 Å². The molecule has 0 aliphatic carbocycles. The summed E-state index contributed by atoms with van der Waals surface area (Å²) in [4.78, 5) is 21.4. The average molecular weight is 355 g/mol. The van der Waals surface area contributed by atoms with Crippen molar-refractivity contribution in [1.29, 1.82) is 0 Å². The van der Waals surface area contributed by atoms with E-state index in [9.17, 15) is 4.79 Å². The van der Waals surface area contributed by atoms with Crippen LogP contribution < -0.4 is 0 Å². The van der Waals surface area contributed by atoms with Gasteiger partial charge in [-0.2, -0.15) is 5.10 Å². The molecule has 2 aromatic rings. The molecule has 0 bridgehead atoms. The molecule has 1 unspecified atom stereocenters. The molecule has 1 N–H and O–H groups in total. The van der Waals surface area contributed by atoms with Crippen molar-refractivity contribution < 1.29 is 9.53 Å². The second kappa shape index (κ2) is 7.97. The maximum Gasteiger partial charge on any atom is 0.253 e. The first-order valence-electron chi connectivity index (χ1n) is 9.31. The highest BCUT2D eigenvalue weighted by atomic mass is 16.5. The van der Waals surface area contributed by atoms with E-state index in [1.807, 2.05) is 11.0 Å². The Morgan fingerprint density at radius 3 is 2.73 bits per heavy atom. The summed E-state index contributed by atoms with van der Waals surface area (Å²) in [7, 11) is 0. The van der Waals surface area contributed by atoms with Crippen molar-refractivity contribution in [2.75, 3.05) is 32.8 Å². The lowest BCUT2D eigenvalue weighted by molar-refractivity contribution is -0.150. The molecular formula is C19H25N5O2. The Hall–Kier alpha value is -2.25. The summed E-state index contributed by atoms with van der Waals surface area (Å²) in [6.07, 6.45) is 3.03. The van der Waals surface area contributed by atoms with Crippen molar-refractivity contribution in [3.8, 4) is 0 Å². The normalized spacial score (nSPS) is 22.5. The molecule has 0 saturated carbocycles. The zero-order valence-corrected chi connectivity index (χ0v) is 14.9. The van der Waals surface area contributed by atoms with Crippen molar-refractivity contribution in [2.24, 2.45) is 0 Å². The molecule has 0 radical (unpaired) electrons. The van der Waals surface area contributed by atoms with E-state index in [1.54, 1.807) is 6.33 Å². The van der Waals surface area contributed by atoms with E-state index in [4.69, 9.17) is 4.74 Å². The van der Waals surface area contributed by atoms with Crippen LogP contribution in [0.15, 0.2) is 36.7 Å². The van der Waals surface area contributed by atoms with Crippen LogP contribution in [0.4, 0.5) is 0 Å². The summed E-state index contributed by atoms with van der Waals surface area (Å²) in [6, 6.07) is 10.4. The highest BCUT2D eigenvalue weighted by molar-refractivity contribution is 5.81. The molecule has 2 saturated heterocycles. The first-order chi connectivity index (χ1) is 12.8. The number of hydrogen-bond acceptors (Lipinski definition) is 5. The van der Waals surface area contributed by atoms with Crippen LogP contribution in [0.2, 0.25) is 0 Å². The molecule has 3 heterocycles. The van der Waals surface area contributed by atoms with Crippen molar-refractivity contribution in [2.45, 2.75) is 31.4 Å². The van der Waals surface area contributed by atoms with Gasteiger partial charge in [0.2, 0.25) is 0 Å². The highest BCUT2D eigenvalue weighted by Crippen LogP contribution is 2.26. The van der Waals surface area contributed by atoms with Gasteiger partial charge < -0.3 is 9.64 Å². The van der Waals surface area contributed by atoms with E-state index < -0.39 is 0 Å². The Bertz CT molecular complexity index is 698. The number of H-pyrrole nitrogens is 1. The number of ether oxygens (including phenoxy) is 1. The predicted molar refractivity (Wildman–Crippen MR) is 96.4 cm³/mol. The Kier molecular flexibility index (Phi) is 5.26. The van der Waals surface area contributed by atoms with Gasteiger partial charge in [-0.3, -0.25) is 14.8 Å². The van der Waals surface area contributed by atoms with Gasteiger partial charge in [0.15, 0.2) is 0 Å². The van der Waals surface area contributed by atoms with Gasteiger partial charge in [0, 0.05) is 38.6 Å². The van der Waals surface area contributed by atoms with Gasteiger partial charge in [0.25, 0.3) is 5.91 Å². The number of rotatable bonds is 4. The first-order valence-corrected chi connectivity index (χ1v) is 9.31. The number of carbonyl (C=O) groups is 1. The minimum absolute atomic E-state index is 0.124. The summed E-state index contributed by atoms with van der Waals surface area (Å²) in [5, 5.41) is 6.87. The number of amides is 1. The molecule has 2 aliphatic rings. The number of carbonyl (C=O) groups excluding carboxylic acids is 1. The Balaban J connectivity index is 1.30. The van der Waals surface area contributed by atoms with E-state index in [0.29, 0.717) is 19.1 Å². The van der Waals surface area contributed by atoms with Crippen LogP contribution in [0.5, 0.6) is 0 Å². The topological polar surface area (TPSA) is 74.3 Å². The quantitative estimate of drug-likeness (QED) is 0.898. The second-order valence-corrected chi connectivity index (χ2v) is 7.05. The van der Waals surface area contributed by atoms with Crippen LogP contribution in [-0.4, -0.2) is 69.8 Å². The molecule has 2 fully saturated rings. The monoisotopic (exact) mass is 355 g/mol. The number of benzene rings is 1. The molecule has 1 aromatic carbocycles. The third kappa shape index (κ3) is 3.94. The zero-order valence-electron chi connectivity index (χ0n) is 14.9. The number of likely N-dealkylation sites (tertiary alicyclic amines) is 1. The molecule has 26 heavy (non-hydrogen) atoms. The number of nitrogens with one attached hydrogen (secondary N) is 1. The Labute approximate surface area is 153 Å². The second-order valence-electron chi connectivity index (χ2n) is 7.05. The third-order valence-corrected chi connectivity index (χ3v) is 5.30. The van der Waals surface area contributed by atoms with Crippen LogP contribution >= 0.6 is 0 Å². The summed E-state index contributed by atoms with van der Waals surface area (Å²) in [6.45, 7) is 4.51. The van der Waals surface area contributed by atoms with Crippen molar-refractivity contribution in [3.63, 3.8) is 0 Å². The fourth-order valence-corrected chi connectivity index (χ4v) is 3.83. The van der Waals surface area contributed by atoms with Crippen LogP contribution in [0.3, 0.4) is 0 Å². The Morgan fingerprint density at radius 1 is 1.19 bits per heavy atom. The van der Waals surface area contributed by atoms with Gasteiger partial charge in [-0.25, -0.2) is 4.98 Å². The lowest BCUT2D eigenvalue weighted by atomic mass is 9.96. The summed E-state index contributed by atoms with van der Waals surface area (Å²) >= 11 is 0. The third-order valence-electron chi connectivity index (χ3n) is 5.30. The molecule has 0 spiro atoms. The van der Waals surface area contributed by atoms with Gasteiger partial charge in [0.1, 0.15) is 18.3 Å².